The van der Waals surface area contributed by atoms with Gasteiger partial charge in [0.25, 0.3) is 0 Å². The number of carbonyl (C=O) groups is 2. The van der Waals surface area contributed by atoms with E-state index in [1.807, 2.05) is 4.90 Å². The molecule has 1 saturated heterocycles. The van der Waals surface area contributed by atoms with Crippen LogP contribution in [-0.4, -0.2) is 41.7 Å². The molecule has 1 N–H and O–H groups in total. The third-order valence-electron chi connectivity index (χ3n) is 3.17. The van der Waals surface area contributed by atoms with Crippen LogP contribution < -0.4 is 5.32 Å². The summed E-state index contributed by atoms with van der Waals surface area (Å²) in [4.78, 5) is 28.7. The molecule has 1 fully saturated rings. The van der Waals surface area contributed by atoms with Crippen LogP contribution in [-0.2, 0) is 9.59 Å². The Bertz CT molecular complexity index is 510. The molecule has 108 valence electrons. The maximum atomic E-state index is 11.9. The van der Waals surface area contributed by atoms with Crippen molar-refractivity contribution in [2.45, 2.75) is 12.8 Å². The standard InChI is InChI=1S/C13H15Cl2N3O2/c14-10-4-11(15)13(16-5-10)17-12(20)7-18-3-1-2-9(6-18)8-19/h4-5,8-9H,1-3,6-7H2,(H,16,17,20). The Morgan fingerprint density at radius 1 is 1.55 bits per heavy atom. The number of carbonyl (C=O) groups excluding carboxylic acids is 2. The first kappa shape index (κ1) is 15.2. The number of aromatic nitrogens is 1. The molecule has 0 saturated carbocycles. The Labute approximate surface area is 127 Å². The quantitative estimate of drug-likeness (QED) is 0.866. The Balaban J connectivity index is 1.90. The van der Waals surface area contributed by atoms with Crippen molar-refractivity contribution in [1.29, 1.82) is 0 Å². The molecule has 0 aromatic carbocycles. The molecule has 20 heavy (non-hydrogen) atoms. The molecule has 5 nitrogen and oxygen atoms in total. The molecule has 1 unspecified atom stereocenters. The second-order valence-corrected chi connectivity index (χ2v) is 5.65. The molecule has 2 heterocycles. The largest absolute Gasteiger partial charge is 0.308 e. The van der Waals surface area contributed by atoms with Crippen molar-refractivity contribution < 1.29 is 9.59 Å². The monoisotopic (exact) mass is 315 g/mol. The van der Waals surface area contributed by atoms with Crippen LogP contribution in [0.25, 0.3) is 0 Å². The van der Waals surface area contributed by atoms with Crippen molar-refractivity contribution in [3.63, 3.8) is 0 Å². The lowest BCUT2D eigenvalue weighted by Crippen LogP contribution is -2.40. The van der Waals surface area contributed by atoms with Gasteiger partial charge in [0.15, 0.2) is 5.82 Å². The van der Waals surface area contributed by atoms with E-state index in [-0.39, 0.29) is 18.4 Å². The fourth-order valence-corrected chi connectivity index (χ4v) is 2.65. The number of anilines is 1. The summed E-state index contributed by atoms with van der Waals surface area (Å²) in [5, 5.41) is 3.36. The van der Waals surface area contributed by atoms with Crippen molar-refractivity contribution >= 4 is 41.2 Å². The van der Waals surface area contributed by atoms with E-state index in [0.717, 1.165) is 25.7 Å². The van der Waals surface area contributed by atoms with Gasteiger partial charge in [-0.2, -0.15) is 0 Å². The maximum absolute atomic E-state index is 11.9. The third-order valence-corrected chi connectivity index (χ3v) is 3.66. The van der Waals surface area contributed by atoms with Crippen LogP contribution in [0, 0.1) is 5.92 Å². The molecule has 7 heteroatoms. The molecule has 0 radical (unpaired) electrons. The predicted molar refractivity (Wildman–Crippen MR) is 78.1 cm³/mol. The molecule has 1 aromatic heterocycles. The van der Waals surface area contributed by atoms with Gasteiger partial charge in [-0.25, -0.2) is 4.98 Å². The van der Waals surface area contributed by atoms with Gasteiger partial charge in [0, 0.05) is 18.7 Å². The average Bonchev–Trinajstić information content (AvgIpc) is 2.42. The van der Waals surface area contributed by atoms with Gasteiger partial charge in [-0.05, 0) is 25.5 Å². The van der Waals surface area contributed by atoms with E-state index in [9.17, 15) is 9.59 Å². The van der Waals surface area contributed by atoms with Crippen LogP contribution in [0.5, 0.6) is 0 Å². The van der Waals surface area contributed by atoms with Gasteiger partial charge in [-0.3, -0.25) is 9.69 Å². The number of amides is 1. The van der Waals surface area contributed by atoms with Gasteiger partial charge in [0.2, 0.25) is 5.91 Å². The van der Waals surface area contributed by atoms with Crippen molar-refractivity contribution in [3.8, 4) is 0 Å². The number of halogens is 2. The first-order valence-electron chi connectivity index (χ1n) is 6.37. The normalized spacial score (nSPS) is 19.6. The molecule has 1 aromatic rings. The number of piperidine rings is 1. The number of pyridine rings is 1. The lowest BCUT2D eigenvalue weighted by molar-refractivity contribution is -0.119. The summed E-state index contributed by atoms with van der Waals surface area (Å²) in [5.41, 5.74) is 0. The van der Waals surface area contributed by atoms with Crippen LogP contribution in [0.2, 0.25) is 10.0 Å². The fraction of sp³-hybridized carbons (Fsp3) is 0.462. The molecular formula is C13H15Cl2N3O2. The molecule has 1 amide bonds. The summed E-state index contributed by atoms with van der Waals surface area (Å²) >= 11 is 11.7. The maximum Gasteiger partial charge on any atom is 0.239 e. The molecule has 1 atom stereocenters. The molecular weight excluding hydrogens is 301 g/mol. The summed E-state index contributed by atoms with van der Waals surface area (Å²) in [7, 11) is 0. The highest BCUT2D eigenvalue weighted by Crippen LogP contribution is 2.22. The zero-order chi connectivity index (χ0) is 14.5. The smallest absolute Gasteiger partial charge is 0.239 e. The summed E-state index contributed by atoms with van der Waals surface area (Å²) in [6.07, 6.45) is 4.21. The predicted octanol–water partition coefficient (Wildman–Crippen LogP) is 2.24. The molecule has 1 aliphatic rings. The number of hydrogen-bond acceptors (Lipinski definition) is 4. The van der Waals surface area contributed by atoms with Crippen molar-refractivity contribution in [3.05, 3.63) is 22.3 Å². The summed E-state index contributed by atoms with van der Waals surface area (Å²) in [6.45, 7) is 1.67. The Morgan fingerprint density at radius 2 is 2.35 bits per heavy atom. The molecule has 0 aliphatic carbocycles. The van der Waals surface area contributed by atoms with Gasteiger partial charge >= 0.3 is 0 Å². The summed E-state index contributed by atoms with van der Waals surface area (Å²) in [6, 6.07) is 1.52. The number of hydrogen-bond donors (Lipinski definition) is 1. The van der Waals surface area contributed by atoms with Crippen molar-refractivity contribution in [2.75, 3.05) is 25.0 Å². The number of likely N-dealkylation sites (tertiary alicyclic amines) is 1. The minimum absolute atomic E-state index is 0.0220. The summed E-state index contributed by atoms with van der Waals surface area (Å²) < 4.78 is 0. The zero-order valence-electron chi connectivity index (χ0n) is 10.8. The van der Waals surface area contributed by atoms with E-state index >= 15 is 0 Å². The first-order chi connectivity index (χ1) is 9.58. The van der Waals surface area contributed by atoms with E-state index in [1.54, 1.807) is 0 Å². The first-order valence-corrected chi connectivity index (χ1v) is 7.12. The van der Waals surface area contributed by atoms with E-state index in [0.29, 0.717) is 22.4 Å². The Morgan fingerprint density at radius 3 is 3.05 bits per heavy atom. The third kappa shape index (κ3) is 4.16. The number of nitrogens with zero attached hydrogens (tertiary/aromatic N) is 2. The Hall–Kier alpha value is -1.17. The van der Waals surface area contributed by atoms with Gasteiger partial charge < -0.3 is 10.1 Å². The van der Waals surface area contributed by atoms with Gasteiger partial charge in [0.1, 0.15) is 6.29 Å². The highest BCUT2D eigenvalue weighted by atomic mass is 35.5. The molecule has 2 rings (SSSR count). The highest BCUT2D eigenvalue weighted by molar-refractivity contribution is 6.36. The Kier molecular flexibility index (Phi) is 5.34. The number of nitrogens with one attached hydrogen (secondary N) is 1. The second-order valence-electron chi connectivity index (χ2n) is 4.81. The van der Waals surface area contributed by atoms with E-state index in [4.69, 9.17) is 23.2 Å². The van der Waals surface area contributed by atoms with Crippen LogP contribution in [0.1, 0.15) is 12.8 Å². The van der Waals surface area contributed by atoms with Crippen LogP contribution in [0.15, 0.2) is 12.3 Å². The minimum Gasteiger partial charge on any atom is -0.308 e. The highest BCUT2D eigenvalue weighted by Gasteiger charge is 2.21. The van der Waals surface area contributed by atoms with E-state index < -0.39 is 0 Å². The van der Waals surface area contributed by atoms with Crippen LogP contribution in [0.3, 0.4) is 0 Å². The van der Waals surface area contributed by atoms with Crippen molar-refractivity contribution in [2.24, 2.45) is 5.92 Å². The van der Waals surface area contributed by atoms with Gasteiger partial charge in [-0.15, -0.1) is 0 Å². The topological polar surface area (TPSA) is 62.3 Å². The van der Waals surface area contributed by atoms with Gasteiger partial charge in [-0.1, -0.05) is 23.2 Å². The van der Waals surface area contributed by atoms with E-state index in [1.165, 1.54) is 12.3 Å². The number of aldehydes is 1. The van der Waals surface area contributed by atoms with Crippen LogP contribution in [0.4, 0.5) is 5.82 Å². The van der Waals surface area contributed by atoms with Gasteiger partial charge in [0.05, 0.1) is 16.6 Å². The summed E-state index contributed by atoms with van der Waals surface area (Å²) in [5.74, 6) is 0.118. The average molecular weight is 316 g/mol. The lowest BCUT2D eigenvalue weighted by atomic mass is 10.00. The second kappa shape index (κ2) is 7.02. The van der Waals surface area contributed by atoms with Crippen LogP contribution >= 0.6 is 23.2 Å². The SMILES string of the molecule is O=CC1CCCN(CC(=O)Nc2ncc(Cl)cc2Cl)C1. The van der Waals surface area contributed by atoms with Crippen molar-refractivity contribution in [1.82, 2.24) is 9.88 Å². The molecule has 0 spiro atoms. The lowest BCUT2D eigenvalue weighted by Gasteiger charge is -2.29. The fourth-order valence-electron chi connectivity index (χ4n) is 2.23. The zero-order valence-corrected chi connectivity index (χ0v) is 12.3. The number of rotatable bonds is 4. The van der Waals surface area contributed by atoms with E-state index in [2.05, 4.69) is 10.3 Å². The molecule has 0 bridgehead atoms. The molecule has 1 aliphatic heterocycles. The minimum atomic E-state index is -0.201.